The lowest BCUT2D eigenvalue weighted by Gasteiger charge is -2.18. The van der Waals surface area contributed by atoms with Crippen molar-refractivity contribution < 1.29 is 14.3 Å². The first-order chi connectivity index (χ1) is 12.5. The molecule has 0 heterocycles. The summed E-state index contributed by atoms with van der Waals surface area (Å²) in [7, 11) is 1.53. The van der Waals surface area contributed by atoms with Crippen LogP contribution in [0.25, 0.3) is 0 Å². The summed E-state index contributed by atoms with van der Waals surface area (Å²) in [4.78, 5) is 24.8. The molecule has 2 aromatic rings. The van der Waals surface area contributed by atoms with Crippen LogP contribution in [0.15, 0.2) is 48.5 Å². The highest BCUT2D eigenvalue weighted by atomic mass is 16.5. The number of amides is 2. The summed E-state index contributed by atoms with van der Waals surface area (Å²) in [6, 6.07) is 13.9. The van der Waals surface area contributed by atoms with Crippen molar-refractivity contribution >= 4 is 23.2 Å². The van der Waals surface area contributed by atoms with E-state index in [4.69, 9.17) is 10.5 Å². The third-order valence-corrected chi connectivity index (χ3v) is 3.93. The zero-order valence-electron chi connectivity index (χ0n) is 15.1. The molecule has 0 aromatic heterocycles. The molecule has 6 heteroatoms. The minimum absolute atomic E-state index is 0.181. The molecule has 1 unspecified atom stereocenters. The van der Waals surface area contributed by atoms with E-state index in [0.29, 0.717) is 23.5 Å². The van der Waals surface area contributed by atoms with Crippen molar-refractivity contribution in [2.45, 2.75) is 32.2 Å². The number of hydrogen-bond donors (Lipinski definition) is 3. The van der Waals surface area contributed by atoms with Gasteiger partial charge in [-0.2, -0.15) is 0 Å². The van der Waals surface area contributed by atoms with Crippen LogP contribution in [-0.2, 0) is 16.0 Å². The molecule has 0 spiro atoms. The normalized spacial score (nSPS) is 11.5. The van der Waals surface area contributed by atoms with Crippen molar-refractivity contribution in [3.63, 3.8) is 0 Å². The highest BCUT2D eigenvalue weighted by molar-refractivity contribution is 5.97. The Morgan fingerprint density at radius 1 is 1.15 bits per heavy atom. The summed E-state index contributed by atoms with van der Waals surface area (Å²) >= 11 is 0. The van der Waals surface area contributed by atoms with Crippen molar-refractivity contribution in [3.05, 3.63) is 54.1 Å². The van der Waals surface area contributed by atoms with Gasteiger partial charge in [0.1, 0.15) is 11.8 Å². The summed E-state index contributed by atoms with van der Waals surface area (Å²) < 4.78 is 5.11. The van der Waals surface area contributed by atoms with Gasteiger partial charge in [0.25, 0.3) is 0 Å². The average molecular weight is 355 g/mol. The SMILES string of the molecule is CCCC(NC(=O)Cc1ccccc1)C(=O)Nc1ccc(OC)c(N)c1. The molecule has 138 valence electrons. The number of methoxy groups -OCH3 is 1. The van der Waals surface area contributed by atoms with Crippen LogP contribution < -0.4 is 21.1 Å². The second-order valence-corrected chi connectivity index (χ2v) is 6.02. The molecule has 2 aromatic carbocycles. The maximum absolute atomic E-state index is 12.6. The van der Waals surface area contributed by atoms with Crippen molar-refractivity contribution in [1.29, 1.82) is 0 Å². The summed E-state index contributed by atoms with van der Waals surface area (Å²) in [5, 5.41) is 5.62. The first-order valence-electron chi connectivity index (χ1n) is 8.61. The Labute approximate surface area is 153 Å². The zero-order valence-corrected chi connectivity index (χ0v) is 15.1. The maximum Gasteiger partial charge on any atom is 0.246 e. The number of benzene rings is 2. The van der Waals surface area contributed by atoms with Gasteiger partial charge < -0.3 is 21.1 Å². The molecule has 0 aliphatic rings. The predicted molar refractivity (Wildman–Crippen MR) is 103 cm³/mol. The quantitative estimate of drug-likeness (QED) is 0.635. The van der Waals surface area contributed by atoms with Crippen molar-refractivity contribution in [2.24, 2.45) is 0 Å². The van der Waals surface area contributed by atoms with Crippen molar-refractivity contribution in [2.75, 3.05) is 18.2 Å². The third kappa shape index (κ3) is 5.51. The number of carbonyl (C=O) groups excluding carboxylic acids is 2. The van der Waals surface area contributed by atoms with E-state index < -0.39 is 6.04 Å². The zero-order chi connectivity index (χ0) is 18.9. The van der Waals surface area contributed by atoms with Gasteiger partial charge in [-0.1, -0.05) is 43.7 Å². The van der Waals surface area contributed by atoms with Gasteiger partial charge in [0.15, 0.2) is 0 Å². The highest BCUT2D eigenvalue weighted by Gasteiger charge is 2.20. The van der Waals surface area contributed by atoms with Gasteiger partial charge in [0.2, 0.25) is 11.8 Å². The first-order valence-corrected chi connectivity index (χ1v) is 8.61. The Hall–Kier alpha value is -3.02. The van der Waals surface area contributed by atoms with Crippen LogP contribution in [0.2, 0.25) is 0 Å². The number of nitrogen functional groups attached to an aromatic ring is 1. The fourth-order valence-electron chi connectivity index (χ4n) is 2.63. The van der Waals surface area contributed by atoms with Gasteiger partial charge in [-0.05, 0) is 30.2 Å². The molecule has 26 heavy (non-hydrogen) atoms. The van der Waals surface area contributed by atoms with Crippen LogP contribution >= 0.6 is 0 Å². The number of nitrogens with one attached hydrogen (secondary N) is 2. The van der Waals surface area contributed by atoms with Crippen molar-refractivity contribution in [3.8, 4) is 5.75 Å². The predicted octanol–water partition coefficient (Wildman–Crippen LogP) is 2.74. The maximum atomic E-state index is 12.6. The molecule has 0 aliphatic carbocycles. The molecule has 1 atom stereocenters. The minimum Gasteiger partial charge on any atom is -0.495 e. The number of rotatable bonds is 8. The molecule has 0 saturated carbocycles. The van der Waals surface area contributed by atoms with Gasteiger partial charge in [0.05, 0.1) is 19.2 Å². The van der Waals surface area contributed by atoms with E-state index in [0.717, 1.165) is 12.0 Å². The summed E-state index contributed by atoms with van der Waals surface area (Å²) in [6.07, 6.45) is 1.57. The molecular weight excluding hydrogens is 330 g/mol. The molecule has 0 aliphatic heterocycles. The number of carbonyl (C=O) groups is 2. The van der Waals surface area contributed by atoms with E-state index in [2.05, 4.69) is 10.6 Å². The van der Waals surface area contributed by atoms with Crippen LogP contribution in [0.3, 0.4) is 0 Å². The number of hydrogen-bond acceptors (Lipinski definition) is 4. The largest absolute Gasteiger partial charge is 0.495 e. The Bertz CT molecular complexity index is 747. The molecule has 0 saturated heterocycles. The van der Waals surface area contributed by atoms with Gasteiger partial charge in [-0.25, -0.2) is 0 Å². The Morgan fingerprint density at radius 2 is 1.88 bits per heavy atom. The molecular formula is C20H25N3O3. The lowest BCUT2D eigenvalue weighted by atomic mass is 10.1. The molecule has 4 N–H and O–H groups in total. The molecule has 6 nitrogen and oxygen atoms in total. The van der Waals surface area contributed by atoms with E-state index >= 15 is 0 Å². The van der Waals surface area contributed by atoms with Crippen molar-refractivity contribution in [1.82, 2.24) is 5.32 Å². The Balaban J connectivity index is 2.00. The van der Waals surface area contributed by atoms with Crippen LogP contribution in [0, 0.1) is 0 Å². The standard InChI is InChI=1S/C20H25N3O3/c1-3-7-17(23-19(24)12-14-8-5-4-6-9-14)20(25)22-15-10-11-18(26-2)16(21)13-15/h4-6,8-11,13,17H,3,7,12,21H2,1-2H3,(H,22,25)(H,23,24). The van der Waals surface area contributed by atoms with E-state index in [1.165, 1.54) is 7.11 Å². The van der Waals surface area contributed by atoms with Gasteiger partial charge in [-0.3, -0.25) is 9.59 Å². The van der Waals surface area contributed by atoms with Gasteiger partial charge in [0, 0.05) is 5.69 Å². The first kappa shape index (κ1) is 19.3. The van der Waals surface area contributed by atoms with E-state index in [1.54, 1.807) is 18.2 Å². The molecule has 0 bridgehead atoms. The molecule has 0 fully saturated rings. The van der Waals surface area contributed by atoms with Crippen LogP contribution in [0.5, 0.6) is 5.75 Å². The lowest BCUT2D eigenvalue weighted by Crippen LogP contribution is -2.44. The van der Waals surface area contributed by atoms with Crippen LogP contribution in [0.1, 0.15) is 25.3 Å². The summed E-state index contributed by atoms with van der Waals surface area (Å²) in [5.74, 6) is 0.0983. The molecule has 2 rings (SSSR count). The fourth-order valence-corrected chi connectivity index (χ4v) is 2.63. The monoisotopic (exact) mass is 355 g/mol. The lowest BCUT2D eigenvalue weighted by molar-refractivity contribution is -0.126. The van der Waals surface area contributed by atoms with Gasteiger partial charge in [-0.15, -0.1) is 0 Å². The molecule has 0 radical (unpaired) electrons. The summed E-state index contributed by atoms with van der Waals surface area (Å²) in [6.45, 7) is 1.97. The van der Waals surface area contributed by atoms with E-state index in [1.807, 2.05) is 37.3 Å². The topological polar surface area (TPSA) is 93.5 Å². The highest BCUT2D eigenvalue weighted by Crippen LogP contribution is 2.24. The smallest absolute Gasteiger partial charge is 0.246 e. The second-order valence-electron chi connectivity index (χ2n) is 6.02. The van der Waals surface area contributed by atoms with Crippen LogP contribution in [-0.4, -0.2) is 25.0 Å². The van der Waals surface area contributed by atoms with E-state index in [-0.39, 0.29) is 18.2 Å². The Morgan fingerprint density at radius 3 is 2.50 bits per heavy atom. The number of nitrogens with two attached hydrogens (primary N) is 1. The number of anilines is 2. The van der Waals surface area contributed by atoms with E-state index in [9.17, 15) is 9.59 Å². The average Bonchev–Trinajstić information content (AvgIpc) is 2.62. The fraction of sp³-hybridized carbons (Fsp3) is 0.300. The summed E-state index contributed by atoms with van der Waals surface area (Å²) in [5.41, 5.74) is 7.77. The minimum atomic E-state index is -0.598. The second kappa shape index (κ2) is 9.46. The Kier molecular flexibility index (Phi) is 7.02. The molecule has 2 amide bonds. The number of ether oxygens (including phenoxy) is 1. The third-order valence-electron chi connectivity index (χ3n) is 3.93. The van der Waals surface area contributed by atoms with Gasteiger partial charge >= 0.3 is 0 Å². The van der Waals surface area contributed by atoms with Crippen LogP contribution in [0.4, 0.5) is 11.4 Å².